The van der Waals surface area contributed by atoms with Crippen LogP contribution in [0.4, 0.5) is 11.4 Å². The van der Waals surface area contributed by atoms with Crippen molar-refractivity contribution in [3.05, 3.63) is 23.8 Å². The first-order valence-corrected chi connectivity index (χ1v) is 6.41. The molecule has 0 saturated heterocycles. The van der Waals surface area contributed by atoms with Gasteiger partial charge in [-0.2, -0.15) is 0 Å². The molecule has 0 unspecified atom stereocenters. The van der Waals surface area contributed by atoms with Crippen LogP contribution in [0, 0.1) is 6.92 Å². The van der Waals surface area contributed by atoms with Crippen molar-refractivity contribution < 1.29 is 4.74 Å². The molecule has 0 radical (unpaired) electrons. The minimum Gasteiger partial charge on any atom is -0.397 e. The van der Waals surface area contributed by atoms with Gasteiger partial charge >= 0.3 is 0 Å². The highest BCUT2D eigenvalue weighted by Gasteiger charge is 1.97. The molecule has 0 spiro atoms. The molecule has 0 heterocycles. The standard InChI is InChI=1S/C14H24N2O/c1-3-4-9-17-10-5-8-16-14-7-6-12(2)11-13(14)15/h6-7,11,16H,3-5,8-10,15H2,1-2H3. The summed E-state index contributed by atoms with van der Waals surface area (Å²) >= 11 is 0. The van der Waals surface area contributed by atoms with Gasteiger partial charge in [0.15, 0.2) is 0 Å². The molecular formula is C14H24N2O. The van der Waals surface area contributed by atoms with Crippen molar-refractivity contribution in [1.82, 2.24) is 0 Å². The minimum atomic E-state index is 0.817. The van der Waals surface area contributed by atoms with E-state index >= 15 is 0 Å². The van der Waals surface area contributed by atoms with Crippen LogP contribution in [0.1, 0.15) is 31.7 Å². The molecule has 1 aromatic rings. The van der Waals surface area contributed by atoms with Gasteiger partial charge in [-0.25, -0.2) is 0 Å². The third kappa shape index (κ3) is 5.59. The first-order valence-electron chi connectivity index (χ1n) is 6.41. The van der Waals surface area contributed by atoms with Crippen LogP contribution in [0.15, 0.2) is 18.2 Å². The molecule has 0 amide bonds. The quantitative estimate of drug-likeness (QED) is 0.538. The molecule has 17 heavy (non-hydrogen) atoms. The molecule has 1 aromatic carbocycles. The first-order chi connectivity index (χ1) is 8.24. The second-order valence-electron chi connectivity index (χ2n) is 4.34. The maximum atomic E-state index is 5.91. The molecule has 3 N–H and O–H groups in total. The molecule has 3 heteroatoms. The highest BCUT2D eigenvalue weighted by Crippen LogP contribution is 2.18. The molecule has 0 aliphatic rings. The number of hydrogen-bond donors (Lipinski definition) is 2. The third-order valence-corrected chi connectivity index (χ3v) is 2.63. The molecule has 1 rings (SSSR count). The largest absolute Gasteiger partial charge is 0.397 e. The van der Waals surface area contributed by atoms with Gasteiger partial charge in [0.05, 0.1) is 11.4 Å². The average Bonchev–Trinajstić information content (AvgIpc) is 2.30. The van der Waals surface area contributed by atoms with Crippen molar-refractivity contribution >= 4 is 11.4 Å². The summed E-state index contributed by atoms with van der Waals surface area (Å²) < 4.78 is 5.49. The van der Waals surface area contributed by atoms with Crippen LogP contribution >= 0.6 is 0 Å². The summed E-state index contributed by atoms with van der Waals surface area (Å²) in [5.74, 6) is 0. The Hall–Kier alpha value is -1.22. The second-order valence-corrected chi connectivity index (χ2v) is 4.34. The predicted molar refractivity (Wildman–Crippen MR) is 74.4 cm³/mol. The Labute approximate surface area is 104 Å². The van der Waals surface area contributed by atoms with E-state index in [0.717, 1.165) is 44.0 Å². The lowest BCUT2D eigenvalue weighted by atomic mass is 10.2. The summed E-state index contributed by atoms with van der Waals surface area (Å²) in [6, 6.07) is 6.08. The predicted octanol–water partition coefficient (Wildman–Crippen LogP) is 3.20. The van der Waals surface area contributed by atoms with Crippen molar-refractivity contribution in [3.8, 4) is 0 Å². The topological polar surface area (TPSA) is 47.3 Å². The van der Waals surface area contributed by atoms with E-state index in [1.807, 2.05) is 19.1 Å². The zero-order valence-electron chi connectivity index (χ0n) is 11.0. The lowest BCUT2D eigenvalue weighted by Gasteiger charge is -2.10. The Bertz CT molecular complexity index is 326. The van der Waals surface area contributed by atoms with Crippen LogP contribution in [0.25, 0.3) is 0 Å². The summed E-state index contributed by atoms with van der Waals surface area (Å²) in [7, 11) is 0. The zero-order chi connectivity index (χ0) is 12.5. The smallest absolute Gasteiger partial charge is 0.0574 e. The monoisotopic (exact) mass is 236 g/mol. The van der Waals surface area contributed by atoms with Crippen LogP contribution in [0.3, 0.4) is 0 Å². The number of nitrogen functional groups attached to an aromatic ring is 1. The minimum absolute atomic E-state index is 0.817. The zero-order valence-corrected chi connectivity index (χ0v) is 11.0. The highest BCUT2D eigenvalue weighted by molar-refractivity contribution is 5.66. The molecule has 0 aliphatic carbocycles. The van der Waals surface area contributed by atoms with Crippen molar-refractivity contribution in [1.29, 1.82) is 0 Å². The second kappa shape index (κ2) is 7.96. The van der Waals surface area contributed by atoms with Crippen LogP contribution in [0.2, 0.25) is 0 Å². The van der Waals surface area contributed by atoms with Crippen LogP contribution in [-0.4, -0.2) is 19.8 Å². The molecule has 3 nitrogen and oxygen atoms in total. The van der Waals surface area contributed by atoms with Crippen LogP contribution < -0.4 is 11.1 Å². The molecule has 0 aromatic heterocycles. The fraction of sp³-hybridized carbons (Fsp3) is 0.571. The van der Waals surface area contributed by atoms with E-state index in [1.165, 1.54) is 12.0 Å². The van der Waals surface area contributed by atoms with E-state index in [0.29, 0.717) is 0 Å². The average molecular weight is 236 g/mol. The van der Waals surface area contributed by atoms with E-state index in [1.54, 1.807) is 0 Å². The van der Waals surface area contributed by atoms with E-state index in [-0.39, 0.29) is 0 Å². The molecule has 96 valence electrons. The van der Waals surface area contributed by atoms with Gasteiger partial charge in [0.25, 0.3) is 0 Å². The van der Waals surface area contributed by atoms with Gasteiger partial charge in [-0.15, -0.1) is 0 Å². The van der Waals surface area contributed by atoms with E-state index in [9.17, 15) is 0 Å². The molecular weight excluding hydrogens is 212 g/mol. The van der Waals surface area contributed by atoms with E-state index < -0.39 is 0 Å². The van der Waals surface area contributed by atoms with Crippen molar-refractivity contribution in [2.45, 2.75) is 33.1 Å². The molecule has 0 bridgehead atoms. The number of anilines is 2. The van der Waals surface area contributed by atoms with Crippen molar-refractivity contribution in [2.75, 3.05) is 30.8 Å². The Balaban J connectivity index is 2.14. The number of rotatable bonds is 8. The van der Waals surface area contributed by atoms with Gasteiger partial charge in [0.2, 0.25) is 0 Å². The van der Waals surface area contributed by atoms with Crippen molar-refractivity contribution in [3.63, 3.8) is 0 Å². The van der Waals surface area contributed by atoms with Crippen LogP contribution in [0.5, 0.6) is 0 Å². The molecule has 0 atom stereocenters. The maximum absolute atomic E-state index is 5.91. The van der Waals surface area contributed by atoms with Gasteiger partial charge in [-0.3, -0.25) is 0 Å². The normalized spacial score (nSPS) is 10.5. The van der Waals surface area contributed by atoms with Gasteiger partial charge in [0.1, 0.15) is 0 Å². The molecule has 0 saturated carbocycles. The number of aryl methyl sites for hydroxylation is 1. The summed E-state index contributed by atoms with van der Waals surface area (Å²) in [5, 5.41) is 3.33. The van der Waals surface area contributed by atoms with Gasteiger partial charge in [-0.05, 0) is 37.5 Å². The lowest BCUT2D eigenvalue weighted by molar-refractivity contribution is 0.131. The Morgan fingerprint density at radius 2 is 2.00 bits per heavy atom. The summed E-state index contributed by atoms with van der Waals surface area (Å²) in [6.45, 7) is 6.81. The number of benzene rings is 1. The first kappa shape index (κ1) is 13.8. The number of unbranched alkanes of at least 4 members (excludes halogenated alkanes) is 1. The summed E-state index contributed by atoms with van der Waals surface area (Å²) in [5.41, 5.74) is 8.93. The van der Waals surface area contributed by atoms with E-state index in [2.05, 4.69) is 18.3 Å². The Morgan fingerprint density at radius 1 is 1.24 bits per heavy atom. The van der Waals surface area contributed by atoms with E-state index in [4.69, 9.17) is 10.5 Å². The lowest BCUT2D eigenvalue weighted by Crippen LogP contribution is -2.07. The SMILES string of the molecule is CCCCOCCCNc1ccc(C)cc1N. The Kier molecular flexibility index (Phi) is 6.48. The van der Waals surface area contributed by atoms with Crippen molar-refractivity contribution in [2.24, 2.45) is 0 Å². The number of nitrogens with one attached hydrogen (secondary N) is 1. The Morgan fingerprint density at radius 3 is 2.71 bits per heavy atom. The summed E-state index contributed by atoms with van der Waals surface area (Å²) in [6.07, 6.45) is 3.35. The fourth-order valence-corrected chi connectivity index (χ4v) is 1.59. The van der Waals surface area contributed by atoms with Gasteiger partial charge in [0, 0.05) is 19.8 Å². The van der Waals surface area contributed by atoms with Gasteiger partial charge < -0.3 is 15.8 Å². The highest BCUT2D eigenvalue weighted by atomic mass is 16.5. The number of hydrogen-bond acceptors (Lipinski definition) is 3. The fourth-order valence-electron chi connectivity index (χ4n) is 1.59. The maximum Gasteiger partial charge on any atom is 0.0574 e. The van der Waals surface area contributed by atoms with Crippen LogP contribution in [-0.2, 0) is 4.74 Å². The summed E-state index contributed by atoms with van der Waals surface area (Å²) in [4.78, 5) is 0. The molecule has 0 aliphatic heterocycles. The number of nitrogens with two attached hydrogens (primary N) is 1. The third-order valence-electron chi connectivity index (χ3n) is 2.63. The molecule has 0 fully saturated rings. The van der Waals surface area contributed by atoms with Gasteiger partial charge in [-0.1, -0.05) is 19.4 Å². The number of ether oxygens (including phenoxy) is 1.